The van der Waals surface area contributed by atoms with E-state index in [9.17, 15) is 0 Å². The van der Waals surface area contributed by atoms with E-state index in [4.69, 9.17) is 0 Å². The smallest absolute Gasteiger partial charge is 0.0623 e. The van der Waals surface area contributed by atoms with Crippen molar-refractivity contribution in [2.75, 3.05) is 6.54 Å². The molecule has 0 aromatic heterocycles. The Morgan fingerprint density at radius 3 is 2.25 bits per heavy atom. The average molecular weight is 129 g/mol. The molecule has 1 aliphatic heterocycles. The van der Waals surface area contributed by atoms with Gasteiger partial charge in [0.05, 0.1) is 5.54 Å². The van der Waals surface area contributed by atoms with Crippen LogP contribution < -0.4 is 0 Å². The highest BCUT2D eigenvalue weighted by molar-refractivity contribution is 7.78. The van der Waals surface area contributed by atoms with Crippen LogP contribution in [-0.2, 0) is 0 Å². The molecule has 0 amide bonds. The predicted octanol–water partition coefficient (Wildman–Crippen LogP) is 1.48. The molecule has 1 fully saturated rings. The number of thiol groups is 1. The van der Waals surface area contributed by atoms with Gasteiger partial charge in [-0.25, -0.2) is 4.31 Å². The minimum absolute atomic E-state index is 0.211. The van der Waals surface area contributed by atoms with Crippen LogP contribution in [0, 0.1) is 0 Å². The van der Waals surface area contributed by atoms with Crippen LogP contribution >= 0.6 is 12.8 Å². The largest absolute Gasteiger partial charge is 0.240 e. The van der Waals surface area contributed by atoms with Gasteiger partial charge in [-0.3, -0.25) is 0 Å². The van der Waals surface area contributed by atoms with Crippen molar-refractivity contribution < 1.29 is 0 Å². The van der Waals surface area contributed by atoms with Gasteiger partial charge in [-0.1, -0.05) is 25.0 Å². The fourth-order valence-corrected chi connectivity index (χ4v) is 1.06. The van der Waals surface area contributed by atoms with Crippen LogP contribution in [0.15, 0.2) is 12.2 Å². The lowest BCUT2D eigenvalue weighted by Gasteiger charge is -2.05. The lowest BCUT2D eigenvalue weighted by Crippen LogP contribution is -2.08. The fraction of sp³-hybridized carbons (Fsp3) is 0.667. The van der Waals surface area contributed by atoms with Crippen LogP contribution in [-0.4, -0.2) is 16.4 Å². The average Bonchev–Trinajstić information content (AvgIpc) is 2.17. The molecule has 0 N–H and O–H groups in total. The monoisotopic (exact) mass is 129 g/mol. The summed E-state index contributed by atoms with van der Waals surface area (Å²) in [4.78, 5) is 0. The topological polar surface area (TPSA) is 3.01 Å². The molecule has 1 saturated heterocycles. The Kier molecular flexibility index (Phi) is 1.17. The van der Waals surface area contributed by atoms with E-state index < -0.39 is 0 Å². The van der Waals surface area contributed by atoms with Crippen molar-refractivity contribution in [1.82, 2.24) is 4.31 Å². The third-order valence-electron chi connectivity index (χ3n) is 1.84. The highest BCUT2D eigenvalue weighted by atomic mass is 32.1. The molecule has 0 spiro atoms. The third-order valence-corrected chi connectivity index (χ3v) is 2.43. The lowest BCUT2D eigenvalue weighted by molar-refractivity contribution is 0.697. The number of hydrogen-bond donors (Lipinski definition) is 1. The van der Waals surface area contributed by atoms with Gasteiger partial charge in [-0.15, -0.1) is 0 Å². The van der Waals surface area contributed by atoms with E-state index in [0.29, 0.717) is 0 Å². The van der Waals surface area contributed by atoms with E-state index in [2.05, 4.69) is 26.3 Å². The molecule has 8 heavy (non-hydrogen) atoms. The Bertz CT molecular complexity index is 132. The van der Waals surface area contributed by atoms with Gasteiger partial charge in [0.1, 0.15) is 0 Å². The van der Waals surface area contributed by atoms with Crippen molar-refractivity contribution in [3.63, 3.8) is 0 Å². The van der Waals surface area contributed by atoms with E-state index in [-0.39, 0.29) is 5.54 Å². The van der Waals surface area contributed by atoms with Crippen LogP contribution in [0.4, 0.5) is 0 Å². The third kappa shape index (κ3) is 0.681. The summed E-state index contributed by atoms with van der Waals surface area (Å²) < 4.78 is 1.98. The van der Waals surface area contributed by atoms with Crippen LogP contribution in [0.1, 0.15) is 13.8 Å². The van der Waals surface area contributed by atoms with Gasteiger partial charge in [0.2, 0.25) is 0 Å². The molecule has 1 rings (SSSR count). The summed E-state index contributed by atoms with van der Waals surface area (Å²) in [6.45, 7) is 9.07. The van der Waals surface area contributed by atoms with Crippen molar-refractivity contribution in [3.05, 3.63) is 12.2 Å². The van der Waals surface area contributed by atoms with Gasteiger partial charge in [0.15, 0.2) is 0 Å². The van der Waals surface area contributed by atoms with E-state index in [1.54, 1.807) is 0 Å². The zero-order valence-corrected chi connectivity index (χ0v) is 6.20. The minimum Gasteiger partial charge on any atom is -0.240 e. The Labute approximate surface area is 55.9 Å². The van der Waals surface area contributed by atoms with Crippen molar-refractivity contribution in [1.29, 1.82) is 0 Å². The first-order valence-corrected chi connectivity index (χ1v) is 3.10. The second-order valence-electron chi connectivity index (χ2n) is 2.61. The minimum atomic E-state index is 0.211. The molecular formula is C6H11NS. The predicted molar refractivity (Wildman–Crippen MR) is 38.9 cm³/mol. The Hall–Kier alpha value is 0.0500. The van der Waals surface area contributed by atoms with E-state index in [1.807, 2.05) is 11.2 Å². The second kappa shape index (κ2) is 1.52. The number of nitrogens with zero attached hydrogens (tertiary/aromatic N) is 1. The Balaban J connectivity index is 2.60. The molecule has 0 bridgehead atoms. The van der Waals surface area contributed by atoms with E-state index in [0.717, 1.165) is 6.54 Å². The Morgan fingerprint density at radius 2 is 2.25 bits per heavy atom. The molecule has 0 saturated carbocycles. The summed E-state index contributed by atoms with van der Waals surface area (Å²) in [5.41, 5.74) is 1.41. The normalized spacial score (nSPS) is 44.1. The summed E-state index contributed by atoms with van der Waals surface area (Å²) in [6, 6.07) is 0. The molecule has 1 nitrogen and oxygen atoms in total. The molecule has 46 valence electrons. The fourth-order valence-electron chi connectivity index (χ4n) is 0.612. The molecule has 1 heterocycles. The van der Waals surface area contributed by atoms with Gasteiger partial charge in [-0.05, 0) is 13.8 Å². The molecular weight excluding hydrogens is 118 g/mol. The summed E-state index contributed by atoms with van der Waals surface area (Å²) >= 11 is 4.17. The first-order valence-electron chi connectivity index (χ1n) is 2.70. The SMILES string of the molecule is C=C(C)C1(C)CN1S. The van der Waals surface area contributed by atoms with Crippen molar-refractivity contribution in [3.8, 4) is 0 Å². The van der Waals surface area contributed by atoms with Crippen LogP contribution in [0.3, 0.4) is 0 Å². The number of hydrogen-bond acceptors (Lipinski definition) is 2. The van der Waals surface area contributed by atoms with Gasteiger partial charge in [0.25, 0.3) is 0 Å². The maximum atomic E-state index is 4.17. The van der Waals surface area contributed by atoms with Crippen LogP contribution in [0.2, 0.25) is 0 Å². The summed E-state index contributed by atoms with van der Waals surface area (Å²) in [7, 11) is 0. The molecule has 0 aliphatic carbocycles. The standard InChI is InChI=1S/C6H11NS/c1-5(2)6(3)4-7(6)8/h8H,1,4H2,2-3H3. The highest BCUT2D eigenvalue weighted by Gasteiger charge is 2.46. The Morgan fingerprint density at radius 1 is 1.88 bits per heavy atom. The second-order valence-corrected chi connectivity index (χ2v) is 3.09. The molecule has 2 atom stereocenters. The first-order chi connectivity index (χ1) is 3.57. The summed E-state index contributed by atoms with van der Waals surface area (Å²) in [5.74, 6) is 0. The lowest BCUT2D eigenvalue weighted by atomic mass is 10.1. The maximum Gasteiger partial charge on any atom is 0.0623 e. The molecule has 0 aromatic rings. The molecule has 2 unspecified atom stereocenters. The summed E-state index contributed by atoms with van der Waals surface area (Å²) in [6.07, 6.45) is 0. The van der Waals surface area contributed by atoms with Gasteiger partial charge in [0, 0.05) is 6.54 Å². The van der Waals surface area contributed by atoms with E-state index in [1.165, 1.54) is 5.57 Å². The molecule has 2 heteroatoms. The van der Waals surface area contributed by atoms with Gasteiger partial charge < -0.3 is 0 Å². The molecule has 1 aliphatic rings. The molecule has 0 aromatic carbocycles. The van der Waals surface area contributed by atoms with Crippen molar-refractivity contribution in [2.24, 2.45) is 0 Å². The zero-order valence-electron chi connectivity index (χ0n) is 5.31. The van der Waals surface area contributed by atoms with Gasteiger partial charge >= 0.3 is 0 Å². The molecule has 0 radical (unpaired) electrons. The van der Waals surface area contributed by atoms with Crippen LogP contribution in [0.25, 0.3) is 0 Å². The van der Waals surface area contributed by atoms with Crippen LogP contribution in [0.5, 0.6) is 0 Å². The van der Waals surface area contributed by atoms with Crippen molar-refractivity contribution >= 4 is 12.8 Å². The quantitative estimate of drug-likeness (QED) is 0.319. The number of rotatable bonds is 1. The highest BCUT2D eigenvalue weighted by Crippen LogP contribution is 2.38. The van der Waals surface area contributed by atoms with Crippen molar-refractivity contribution in [2.45, 2.75) is 19.4 Å². The maximum absolute atomic E-state index is 4.17. The summed E-state index contributed by atoms with van der Waals surface area (Å²) in [5, 5.41) is 0. The zero-order chi connectivity index (χ0) is 6.36. The first kappa shape index (κ1) is 6.17. The van der Waals surface area contributed by atoms with E-state index >= 15 is 0 Å². The van der Waals surface area contributed by atoms with Gasteiger partial charge in [-0.2, -0.15) is 0 Å².